The molecule has 0 aliphatic rings. The van der Waals surface area contributed by atoms with Gasteiger partial charge in [0.05, 0.1) is 22.1 Å². The van der Waals surface area contributed by atoms with Crippen LogP contribution >= 0.6 is 0 Å². The van der Waals surface area contributed by atoms with E-state index in [0.29, 0.717) is 0 Å². The Morgan fingerprint density at radius 2 is 0.600 bits per heavy atom. The van der Waals surface area contributed by atoms with Gasteiger partial charge in [-0.3, -0.25) is 0 Å². The van der Waals surface area contributed by atoms with Crippen LogP contribution in [0.4, 0.5) is 0 Å². The van der Waals surface area contributed by atoms with E-state index in [2.05, 4.69) is 203 Å². The van der Waals surface area contributed by atoms with E-state index < -0.39 is 0 Å². The minimum absolute atomic E-state index is 1.14. The van der Waals surface area contributed by atoms with Crippen LogP contribution in [0.2, 0.25) is 0 Å². The summed E-state index contributed by atoms with van der Waals surface area (Å²) in [5, 5.41) is 4.98. The number of nitrogens with zero attached hydrogens (tertiary/aromatic N) is 2. The molecule has 0 radical (unpaired) electrons. The minimum atomic E-state index is 1.14. The number of hydrogen-bond acceptors (Lipinski definition) is 0. The van der Waals surface area contributed by atoms with Gasteiger partial charge in [-0.1, -0.05) is 152 Å². The molecule has 2 aromatic heterocycles. The van der Waals surface area contributed by atoms with Crippen molar-refractivity contribution < 1.29 is 0 Å². The van der Waals surface area contributed by atoms with Crippen molar-refractivity contribution in [3.05, 3.63) is 194 Å². The van der Waals surface area contributed by atoms with Crippen LogP contribution in [0.3, 0.4) is 0 Å². The van der Waals surface area contributed by atoms with Gasteiger partial charge in [0.1, 0.15) is 0 Å². The second kappa shape index (κ2) is 11.5. The quantitative estimate of drug-likeness (QED) is 0.178. The summed E-state index contributed by atoms with van der Waals surface area (Å²) in [5.41, 5.74) is 14.3. The number of para-hydroxylation sites is 2. The molecule has 50 heavy (non-hydrogen) atoms. The lowest BCUT2D eigenvalue weighted by Crippen LogP contribution is -1.99. The van der Waals surface area contributed by atoms with Gasteiger partial charge in [0.2, 0.25) is 0 Å². The van der Waals surface area contributed by atoms with Crippen molar-refractivity contribution in [2.24, 2.45) is 0 Å². The van der Waals surface area contributed by atoms with Gasteiger partial charge < -0.3 is 9.13 Å². The fraction of sp³-hybridized carbons (Fsp3) is 0. The lowest BCUT2D eigenvalue weighted by Gasteiger charge is -2.14. The highest BCUT2D eigenvalue weighted by molar-refractivity contribution is 6.23. The van der Waals surface area contributed by atoms with E-state index in [1.807, 2.05) is 0 Å². The summed E-state index contributed by atoms with van der Waals surface area (Å²) in [6.45, 7) is 0. The third-order valence-electron chi connectivity index (χ3n) is 10.1. The Kier molecular flexibility index (Phi) is 6.53. The topological polar surface area (TPSA) is 9.86 Å². The first kappa shape index (κ1) is 28.4. The number of fused-ring (bicyclic) bond motifs is 7. The van der Waals surface area contributed by atoms with Crippen molar-refractivity contribution in [3.8, 4) is 44.8 Å². The maximum absolute atomic E-state index is 2.48. The molecule has 10 rings (SSSR count). The van der Waals surface area contributed by atoms with Crippen molar-refractivity contribution in [1.82, 2.24) is 9.13 Å². The predicted molar refractivity (Wildman–Crippen MR) is 211 cm³/mol. The Labute approximate surface area is 290 Å². The Hall–Kier alpha value is -6.64. The van der Waals surface area contributed by atoms with E-state index in [-0.39, 0.29) is 0 Å². The van der Waals surface area contributed by atoms with Crippen LogP contribution in [0.1, 0.15) is 0 Å². The highest BCUT2D eigenvalue weighted by atomic mass is 15.0. The second-order valence-corrected chi connectivity index (χ2v) is 13.0. The molecule has 0 amide bonds. The summed E-state index contributed by atoms with van der Waals surface area (Å²) < 4.78 is 4.95. The number of hydrogen-bond donors (Lipinski definition) is 0. The van der Waals surface area contributed by atoms with Gasteiger partial charge in [-0.25, -0.2) is 0 Å². The average molecular weight is 637 g/mol. The Bertz CT molecular complexity index is 2860. The fourth-order valence-electron chi connectivity index (χ4n) is 7.83. The van der Waals surface area contributed by atoms with Gasteiger partial charge in [-0.05, 0) is 75.8 Å². The molecule has 8 aromatic carbocycles. The summed E-state index contributed by atoms with van der Waals surface area (Å²) in [6, 6.07) is 70.4. The van der Waals surface area contributed by atoms with Crippen LogP contribution in [0.5, 0.6) is 0 Å². The van der Waals surface area contributed by atoms with Crippen LogP contribution in [0, 0.1) is 0 Å². The predicted octanol–water partition coefficient (Wildman–Crippen LogP) is 12.9. The van der Waals surface area contributed by atoms with Crippen molar-refractivity contribution in [1.29, 1.82) is 0 Å². The molecule has 0 saturated heterocycles. The zero-order valence-corrected chi connectivity index (χ0v) is 27.4. The smallest absolute Gasteiger partial charge is 0.0788 e. The average Bonchev–Trinajstić information content (AvgIpc) is 3.72. The Balaban J connectivity index is 1.26. The number of aromatic nitrogens is 2. The molecule has 0 fully saturated rings. The monoisotopic (exact) mass is 636 g/mol. The van der Waals surface area contributed by atoms with Crippen molar-refractivity contribution >= 4 is 43.6 Å². The molecule has 0 spiro atoms. The van der Waals surface area contributed by atoms with E-state index in [1.165, 1.54) is 77.0 Å². The van der Waals surface area contributed by atoms with E-state index >= 15 is 0 Å². The molecule has 2 heteroatoms. The Morgan fingerprint density at radius 3 is 1.10 bits per heavy atom. The molecule has 0 aliphatic heterocycles. The maximum Gasteiger partial charge on any atom is 0.0788 e. The fourth-order valence-corrected chi connectivity index (χ4v) is 7.83. The van der Waals surface area contributed by atoms with Crippen LogP contribution in [-0.2, 0) is 0 Å². The van der Waals surface area contributed by atoms with Gasteiger partial charge in [0, 0.05) is 32.9 Å². The molecule has 0 bridgehead atoms. The van der Waals surface area contributed by atoms with Gasteiger partial charge in [-0.2, -0.15) is 0 Å². The van der Waals surface area contributed by atoms with Crippen molar-refractivity contribution in [2.45, 2.75) is 0 Å². The largest absolute Gasteiger partial charge is 0.307 e. The van der Waals surface area contributed by atoms with E-state index in [0.717, 1.165) is 11.4 Å². The molecule has 0 saturated carbocycles. The molecule has 0 unspecified atom stereocenters. The highest BCUT2D eigenvalue weighted by Crippen LogP contribution is 2.42. The molecule has 234 valence electrons. The number of rotatable bonds is 5. The summed E-state index contributed by atoms with van der Waals surface area (Å²) in [6.07, 6.45) is 0. The molecule has 0 atom stereocenters. The maximum atomic E-state index is 2.48. The van der Waals surface area contributed by atoms with Gasteiger partial charge >= 0.3 is 0 Å². The Morgan fingerprint density at radius 1 is 0.240 bits per heavy atom. The van der Waals surface area contributed by atoms with Crippen LogP contribution in [0.15, 0.2) is 194 Å². The van der Waals surface area contributed by atoms with E-state index in [4.69, 9.17) is 0 Å². The molecule has 2 nitrogen and oxygen atoms in total. The van der Waals surface area contributed by atoms with Crippen LogP contribution in [-0.4, -0.2) is 9.13 Å². The first-order chi connectivity index (χ1) is 24.8. The van der Waals surface area contributed by atoms with Crippen LogP contribution in [0.25, 0.3) is 88.4 Å². The zero-order valence-electron chi connectivity index (χ0n) is 27.4. The molecule has 2 heterocycles. The minimum Gasteiger partial charge on any atom is -0.307 e. The summed E-state index contributed by atoms with van der Waals surface area (Å²) >= 11 is 0. The highest BCUT2D eigenvalue weighted by Gasteiger charge is 2.21. The second-order valence-electron chi connectivity index (χ2n) is 13.0. The number of benzene rings is 8. The first-order valence-corrected chi connectivity index (χ1v) is 17.2. The molecular formula is C48H32N2. The molecule has 0 aliphatic carbocycles. The SMILES string of the molecule is c1ccc(-c2cccc(-c3cccc(-n4c5ccccc5c5ccc6c7ccccc7n(-c7cccc(-c8ccccc8)c7)c6c54)c3)c2)cc1. The summed E-state index contributed by atoms with van der Waals surface area (Å²) in [4.78, 5) is 0. The molecule has 10 aromatic rings. The van der Waals surface area contributed by atoms with E-state index in [1.54, 1.807) is 0 Å². The van der Waals surface area contributed by atoms with Crippen LogP contribution < -0.4 is 0 Å². The summed E-state index contributed by atoms with van der Waals surface area (Å²) in [7, 11) is 0. The third-order valence-corrected chi connectivity index (χ3v) is 10.1. The van der Waals surface area contributed by atoms with E-state index in [9.17, 15) is 0 Å². The summed E-state index contributed by atoms with van der Waals surface area (Å²) in [5.74, 6) is 0. The first-order valence-electron chi connectivity index (χ1n) is 17.2. The third kappa shape index (κ3) is 4.50. The van der Waals surface area contributed by atoms with Gasteiger partial charge in [0.15, 0.2) is 0 Å². The molecule has 0 N–H and O–H groups in total. The van der Waals surface area contributed by atoms with Gasteiger partial charge in [0.25, 0.3) is 0 Å². The van der Waals surface area contributed by atoms with Crippen molar-refractivity contribution in [2.75, 3.05) is 0 Å². The zero-order chi connectivity index (χ0) is 33.0. The normalized spacial score (nSPS) is 11.6. The lowest BCUT2D eigenvalue weighted by molar-refractivity contribution is 1.15. The standard InChI is InChI=1S/C48H32N2/c1-3-14-33(15-4-1)35-18-11-19-36(30-35)38-21-13-23-40(32-38)50-46-27-10-8-25-42(46)44-29-28-43-41-24-7-9-26-45(41)49(47(43)48(44)50)39-22-12-20-37(31-39)34-16-5-2-6-17-34/h1-32H. The lowest BCUT2D eigenvalue weighted by atomic mass is 9.99. The van der Waals surface area contributed by atoms with Crippen molar-refractivity contribution in [3.63, 3.8) is 0 Å². The van der Waals surface area contributed by atoms with Gasteiger partial charge in [-0.15, -0.1) is 0 Å². The molecular weight excluding hydrogens is 605 g/mol.